The fraction of sp³-hybridized carbons (Fsp3) is 0.684. The van der Waals surface area contributed by atoms with Crippen LogP contribution >= 0.6 is 0 Å². The summed E-state index contributed by atoms with van der Waals surface area (Å²) >= 11 is 0. The number of piperidine rings is 1. The second-order valence-corrected chi connectivity index (χ2v) is 10.2. The third-order valence-corrected chi connectivity index (χ3v) is 7.44. The third-order valence-electron chi connectivity index (χ3n) is 5.52. The Morgan fingerprint density at radius 3 is 2.17 bits per heavy atom. The van der Waals surface area contributed by atoms with Gasteiger partial charge in [0.15, 0.2) is 0 Å². The van der Waals surface area contributed by atoms with Gasteiger partial charge in [0.05, 0.1) is 4.90 Å². The van der Waals surface area contributed by atoms with Gasteiger partial charge in [-0.15, -0.1) is 0 Å². The minimum Gasteiger partial charge on any atom is -0.314 e. The molecule has 2 aliphatic rings. The highest BCUT2D eigenvalue weighted by molar-refractivity contribution is 7.89. The van der Waals surface area contributed by atoms with Crippen LogP contribution in [0.2, 0.25) is 0 Å². The summed E-state index contributed by atoms with van der Waals surface area (Å²) in [7, 11) is -3.36. The minimum atomic E-state index is -3.36. The fourth-order valence-electron chi connectivity index (χ4n) is 3.91. The van der Waals surface area contributed by atoms with Gasteiger partial charge in [-0.1, -0.05) is 32.9 Å². The van der Waals surface area contributed by atoms with Crippen molar-refractivity contribution in [2.45, 2.75) is 62.8 Å². The lowest BCUT2D eigenvalue weighted by molar-refractivity contribution is 0.234. The van der Waals surface area contributed by atoms with Crippen LogP contribution in [-0.4, -0.2) is 38.4 Å². The highest BCUT2D eigenvalue weighted by atomic mass is 32.2. The highest BCUT2D eigenvalue weighted by Crippen LogP contribution is 2.29. The van der Waals surface area contributed by atoms with Gasteiger partial charge >= 0.3 is 0 Å². The predicted octanol–water partition coefficient (Wildman–Crippen LogP) is 3.14. The lowest BCUT2D eigenvalue weighted by Crippen LogP contribution is -2.43. The molecule has 0 aliphatic carbocycles. The Morgan fingerprint density at radius 1 is 1.04 bits per heavy atom. The number of hydrogen-bond acceptors (Lipinski definition) is 3. The number of sulfonamides is 1. The van der Waals surface area contributed by atoms with Crippen LogP contribution in [0.1, 0.15) is 52.0 Å². The Bertz CT molecular complexity index is 648. The van der Waals surface area contributed by atoms with E-state index in [-0.39, 0.29) is 5.41 Å². The molecule has 0 spiro atoms. The van der Waals surface area contributed by atoms with Crippen molar-refractivity contribution in [2.75, 3.05) is 19.6 Å². The van der Waals surface area contributed by atoms with Gasteiger partial charge in [0.1, 0.15) is 0 Å². The van der Waals surface area contributed by atoms with Gasteiger partial charge in [-0.2, -0.15) is 4.31 Å². The maximum absolute atomic E-state index is 12.9. The molecule has 1 atom stereocenters. The van der Waals surface area contributed by atoms with Gasteiger partial charge < -0.3 is 5.32 Å². The number of rotatable bonds is 3. The number of hydrogen-bond donors (Lipinski definition) is 1. The molecule has 0 aromatic heterocycles. The van der Waals surface area contributed by atoms with E-state index in [1.54, 1.807) is 16.4 Å². The molecule has 134 valence electrons. The van der Waals surface area contributed by atoms with Crippen molar-refractivity contribution in [2.24, 2.45) is 5.92 Å². The zero-order valence-corrected chi connectivity index (χ0v) is 15.9. The second-order valence-electron chi connectivity index (χ2n) is 8.22. The molecular formula is C19H30N2O2S. The third kappa shape index (κ3) is 3.68. The van der Waals surface area contributed by atoms with Crippen LogP contribution in [0.25, 0.3) is 0 Å². The summed E-state index contributed by atoms with van der Waals surface area (Å²) in [6.45, 7) is 8.82. The molecule has 5 heteroatoms. The van der Waals surface area contributed by atoms with E-state index in [4.69, 9.17) is 0 Å². The van der Waals surface area contributed by atoms with E-state index in [1.807, 2.05) is 12.1 Å². The molecule has 3 rings (SSSR count). The molecule has 1 N–H and O–H groups in total. The summed E-state index contributed by atoms with van der Waals surface area (Å²) in [5.74, 6) is 0.627. The Labute approximate surface area is 146 Å². The smallest absolute Gasteiger partial charge is 0.243 e. The van der Waals surface area contributed by atoms with Gasteiger partial charge in [-0.05, 0) is 61.3 Å². The van der Waals surface area contributed by atoms with E-state index < -0.39 is 10.0 Å². The van der Waals surface area contributed by atoms with E-state index in [1.165, 1.54) is 12.8 Å². The van der Waals surface area contributed by atoms with Gasteiger partial charge in [0.2, 0.25) is 10.0 Å². The summed E-state index contributed by atoms with van der Waals surface area (Å²) in [5, 5.41) is 3.56. The van der Waals surface area contributed by atoms with Crippen molar-refractivity contribution in [3.63, 3.8) is 0 Å². The lowest BCUT2D eigenvalue weighted by Gasteiger charge is -2.34. The average Bonchev–Trinajstić information content (AvgIpc) is 3.09. The van der Waals surface area contributed by atoms with Gasteiger partial charge in [-0.3, -0.25) is 0 Å². The van der Waals surface area contributed by atoms with E-state index in [9.17, 15) is 8.42 Å². The first-order chi connectivity index (χ1) is 11.3. The number of benzene rings is 1. The molecule has 2 fully saturated rings. The van der Waals surface area contributed by atoms with Crippen molar-refractivity contribution in [3.05, 3.63) is 29.8 Å². The van der Waals surface area contributed by atoms with Crippen LogP contribution in [0.15, 0.2) is 29.2 Å². The van der Waals surface area contributed by atoms with Crippen molar-refractivity contribution in [1.29, 1.82) is 0 Å². The first-order valence-corrected chi connectivity index (χ1v) is 10.6. The van der Waals surface area contributed by atoms with Crippen LogP contribution < -0.4 is 5.32 Å². The molecule has 0 bridgehead atoms. The van der Waals surface area contributed by atoms with Gasteiger partial charge in [0.25, 0.3) is 0 Å². The van der Waals surface area contributed by atoms with E-state index in [0.29, 0.717) is 29.9 Å². The molecule has 2 heterocycles. The van der Waals surface area contributed by atoms with Gasteiger partial charge in [0, 0.05) is 19.1 Å². The molecular weight excluding hydrogens is 320 g/mol. The quantitative estimate of drug-likeness (QED) is 0.911. The molecule has 0 saturated carbocycles. The molecule has 2 aliphatic heterocycles. The van der Waals surface area contributed by atoms with Crippen molar-refractivity contribution in [1.82, 2.24) is 9.62 Å². The molecule has 4 nitrogen and oxygen atoms in total. The Kier molecular flexibility index (Phi) is 5.05. The molecule has 2 saturated heterocycles. The SMILES string of the molecule is CC(C)(C)c1ccc(S(=O)(=O)N2CCC(C3CCCN3)CC2)cc1. The monoisotopic (exact) mass is 350 g/mol. The summed E-state index contributed by atoms with van der Waals surface area (Å²) in [5.41, 5.74) is 1.20. The summed E-state index contributed by atoms with van der Waals surface area (Å²) in [6, 6.07) is 8.02. The lowest BCUT2D eigenvalue weighted by atomic mass is 9.87. The Balaban J connectivity index is 1.67. The van der Waals surface area contributed by atoms with Crippen LogP contribution in [0, 0.1) is 5.92 Å². The molecule has 0 amide bonds. The first kappa shape index (κ1) is 17.9. The van der Waals surface area contributed by atoms with Crippen LogP contribution in [0.4, 0.5) is 0 Å². The zero-order chi connectivity index (χ0) is 17.4. The average molecular weight is 351 g/mol. The maximum atomic E-state index is 12.9. The first-order valence-electron chi connectivity index (χ1n) is 9.12. The van der Waals surface area contributed by atoms with Gasteiger partial charge in [-0.25, -0.2) is 8.42 Å². The number of nitrogens with zero attached hydrogens (tertiary/aromatic N) is 1. The van der Waals surface area contributed by atoms with E-state index in [0.717, 1.165) is 24.9 Å². The molecule has 1 unspecified atom stereocenters. The summed E-state index contributed by atoms with van der Waals surface area (Å²) in [4.78, 5) is 0.424. The fourth-order valence-corrected chi connectivity index (χ4v) is 5.38. The molecule has 24 heavy (non-hydrogen) atoms. The molecule has 1 aromatic rings. The van der Waals surface area contributed by atoms with Crippen LogP contribution in [0.5, 0.6) is 0 Å². The summed E-state index contributed by atoms with van der Waals surface area (Å²) in [6.07, 6.45) is 4.43. The highest BCUT2D eigenvalue weighted by Gasteiger charge is 2.33. The second kappa shape index (κ2) is 6.77. The molecule has 0 radical (unpaired) electrons. The maximum Gasteiger partial charge on any atom is 0.243 e. The van der Waals surface area contributed by atoms with E-state index in [2.05, 4.69) is 26.1 Å². The zero-order valence-electron chi connectivity index (χ0n) is 15.1. The topological polar surface area (TPSA) is 49.4 Å². The minimum absolute atomic E-state index is 0.0366. The Hall–Kier alpha value is -0.910. The van der Waals surface area contributed by atoms with Crippen molar-refractivity contribution in [3.8, 4) is 0 Å². The predicted molar refractivity (Wildman–Crippen MR) is 97.6 cm³/mol. The number of nitrogens with one attached hydrogen (secondary N) is 1. The van der Waals surface area contributed by atoms with Crippen molar-refractivity contribution >= 4 is 10.0 Å². The standard InChI is InChI=1S/C19H30N2O2S/c1-19(2,3)16-6-8-17(9-7-16)24(22,23)21-13-10-15(11-14-21)18-5-4-12-20-18/h6-9,15,18,20H,4-5,10-14H2,1-3H3. The normalized spacial score (nSPS) is 24.4. The largest absolute Gasteiger partial charge is 0.314 e. The van der Waals surface area contributed by atoms with Crippen LogP contribution in [0.3, 0.4) is 0 Å². The Morgan fingerprint density at radius 2 is 1.67 bits per heavy atom. The van der Waals surface area contributed by atoms with Crippen LogP contribution in [-0.2, 0) is 15.4 Å². The molecule has 1 aromatic carbocycles. The van der Waals surface area contributed by atoms with E-state index >= 15 is 0 Å². The van der Waals surface area contributed by atoms with Crippen molar-refractivity contribution < 1.29 is 8.42 Å². The summed E-state index contributed by atoms with van der Waals surface area (Å²) < 4.78 is 27.4.